The number of aromatic nitrogens is 4. The second kappa shape index (κ2) is 6.92. The zero-order valence-electron chi connectivity index (χ0n) is 17.7. The average Bonchev–Trinajstić information content (AvgIpc) is 3.23. The van der Waals surface area contributed by atoms with Crippen LogP contribution in [0.1, 0.15) is 6.92 Å². The number of nitrogens with zero attached hydrogens (tertiary/aromatic N) is 4. The lowest BCUT2D eigenvalue weighted by Crippen LogP contribution is -2.15. The Hall–Kier alpha value is -4.19. The average molecular weight is 420 g/mol. The number of para-hydroxylation sites is 3. The van der Waals surface area contributed by atoms with Crippen LogP contribution in [0.3, 0.4) is 0 Å². The molecule has 0 radical (unpaired) electrons. The number of benzene rings is 3. The first-order chi connectivity index (χ1) is 15.7. The van der Waals surface area contributed by atoms with Crippen LogP contribution in [-0.2, 0) is 6.54 Å². The van der Waals surface area contributed by atoms with E-state index in [-0.39, 0.29) is 5.43 Å². The molecule has 0 atom stereocenters. The van der Waals surface area contributed by atoms with Gasteiger partial charge in [-0.25, -0.2) is 9.97 Å². The van der Waals surface area contributed by atoms with Crippen LogP contribution < -0.4 is 10.2 Å². The molecule has 3 aromatic heterocycles. The van der Waals surface area contributed by atoms with E-state index in [9.17, 15) is 4.79 Å². The molecular weight excluding hydrogens is 400 g/mol. The van der Waals surface area contributed by atoms with E-state index in [1.807, 2.05) is 77.2 Å². The molecule has 0 spiro atoms. The number of hydrogen-bond donors (Lipinski definition) is 0. The molecule has 0 amide bonds. The van der Waals surface area contributed by atoms with Gasteiger partial charge in [-0.2, -0.15) is 0 Å². The zero-order chi connectivity index (χ0) is 21.8. The van der Waals surface area contributed by atoms with E-state index in [4.69, 9.17) is 14.7 Å². The second-order valence-corrected chi connectivity index (χ2v) is 7.72. The first-order valence-corrected chi connectivity index (χ1v) is 10.6. The number of methoxy groups -OCH3 is 1. The van der Waals surface area contributed by atoms with Gasteiger partial charge in [0.1, 0.15) is 17.0 Å². The third kappa shape index (κ3) is 2.49. The number of imidazole rings is 1. The van der Waals surface area contributed by atoms with E-state index in [1.54, 1.807) is 7.11 Å². The fourth-order valence-corrected chi connectivity index (χ4v) is 4.54. The van der Waals surface area contributed by atoms with Crippen molar-refractivity contribution in [1.82, 2.24) is 18.9 Å². The van der Waals surface area contributed by atoms with E-state index in [0.717, 1.165) is 33.7 Å². The Kier molecular flexibility index (Phi) is 4.01. The first kappa shape index (κ1) is 18.6. The highest BCUT2D eigenvalue weighted by Gasteiger charge is 2.21. The molecule has 6 heteroatoms. The minimum atomic E-state index is -0.0506. The quantitative estimate of drug-likeness (QED) is 0.376. The van der Waals surface area contributed by atoms with Gasteiger partial charge in [-0.1, -0.05) is 36.4 Å². The summed E-state index contributed by atoms with van der Waals surface area (Å²) in [6.07, 6.45) is 0. The summed E-state index contributed by atoms with van der Waals surface area (Å²) >= 11 is 0. The summed E-state index contributed by atoms with van der Waals surface area (Å²) in [6.45, 7) is 2.74. The maximum Gasteiger partial charge on any atom is 0.202 e. The largest absolute Gasteiger partial charge is 0.497 e. The summed E-state index contributed by atoms with van der Waals surface area (Å²) in [7, 11) is 1.65. The van der Waals surface area contributed by atoms with Crippen LogP contribution in [0.2, 0.25) is 0 Å². The van der Waals surface area contributed by atoms with Gasteiger partial charge in [0.25, 0.3) is 0 Å². The summed E-state index contributed by atoms with van der Waals surface area (Å²) in [5.41, 5.74) is 4.70. The van der Waals surface area contributed by atoms with Crippen molar-refractivity contribution >= 4 is 38.6 Å². The van der Waals surface area contributed by atoms with Crippen LogP contribution in [0.25, 0.3) is 50.0 Å². The van der Waals surface area contributed by atoms with Crippen molar-refractivity contribution < 1.29 is 4.74 Å². The highest BCUT2D eigenvalue weighted by Crippen LogP contribution is 2.31. The summed E-state index contributed by atoms with van der Waals surface area (Å²) in [5.74, 6) is 1.46. The molecule has 0 unspecified atom stereocenters. The molecule has 0 aliphatic rings. The molecular formula is C26H20N4O2. The Balaban J connectivity index is 1.91. The van der Waals surface area contributed by atoms with Gasteiger partial charge in [0, 0.05) is 17.5 Å². The number of ether oxygens (including phenoxy) is 1. The minimum absolute atomic E-state index is 0.0506. The third-order valence-electron chi connectivity index (χ3n) is 6.00. The van der Waals surface area contributed by atoms with Gasteiger partial charge in [0.05, 0.1) is 23.7 Å². The Morgan fingerprint density at radius 3 is 2.47 bits per heavy atom. The molecule has 32 heavy (non-hydrogen) atoms. The predicted molar refractivity (Wildman–Crippen MR) is 127 cm³/mol. The maximum atomic E-state index is 13.7. The van der Waals surface area contributed by atoms with E-state index < -0.39 is 0 Å². The van der Waals surface area contributed by atoms with Gasteiger partial charge < -0.3 is 9.30 Å². The molecule has 0 saturated carbocycles. The minimum Gasteiger partial charge on any atom is -0.497 e. The zero-order valence-corrected chi connectivity index (χ0v) is 17.7. The van der Waals surface area contributed by atoms with Crippen LogP contribution >= 0.6 is 0 Å². The van der Waals surface area contributed by atoms with Crippen molar-refractivity contribution in [2.24, 2.45) is 0 Å². The summed E-state index contributed by atoms with van der Waals surface area (Å²) < 4.78 is 9.54. The molecule has 6 rings (SSSR count). The predicted octanol–water partition coefficient (Wildman–Crippen LogP) is 5.05. The maximum absolute atomic E-state index is 13.7. The fraction of sp³-hybridized carbons (Fsp3) is 0.115. The number of pyridine rings is 1. The summed E-state index contributed by atoms with van der Waals surface area (Å²) in [4.78, 5) is 23.6. The van der Waals surface area contributed by atoms with Crippen LogP contribution in [-0.4, -0.2) is 26.0 Å². The van der Waals surface area contributed by atoms with Crippen molar-refractivity contribution in [3.63, 3.8) is 0 Å². The van der Waals surface area contributed by atoms with Gasteiger partial charge >= 0.3 is 0 Å². The van der Waals surface area contributed by atoms with Gasteiger partial charge in [0.2, 0.25) is 5.43 Å². The lowest BCUT2D eigenvalue weighted by atomic mass is 10.1. The van der Waals surface area contributed by atoms with Crippen LogP contribution in [0, 0.1) is 0 Å². The normalized spacial score (nSPS) is 11.7. The van der Waals surface area contributed by atoms with Gasteiger partial charge in [-0.3, -0.25) is 9.20 Å². The van der Waals surface area contributed by atoms with Crippen LogP contribution in [0.5, 0.6) is 5.75 Å². The van der Waals surface area contributed by atoms with Gasteiger partial charge in [0.15, 0.2) is 11.3 Å². The fourth-order valence-electron chi connectivity index (χ4n) is 4.54. The van der Waals surface area contributed by atoms with Crippen molar-refractivity contribution in [2.45, 2.75) is 13.5 Å². The molecule has 156 valence electrons. The second-order valence-electron chi connectivity index (χ2n) is 7.72. The number of aryl methyl sites for hydroxylation is 1. The highest BCUT2D eigenvalue weighted by molar-refractivity contribution is 6.02. The van der Waals surface area contributed by atoms with Gasteiger partial charge in [-0.05, 0) is 43.3 Å². The standard InChI is InChI=1S/C26H20N4O2/c1-3-29-20-13-6-4-11-18(20)23(31)22-25(29)28-24(16-9-8-10-17(15-16)32-2)30-21-14-7-5-12-19(21)27-26(22)30/h4-15H,3H2,1-2H3. The summed E-state index contributed by atoms with van der Waals surface area (Å²) in [5, 5.41) is 1.21. The molecule has 0 aliphatic heterocycles. The topological polar surface area (TPSA) is 61.4 Å². The molecule has 6 nitrogen and oxygen atoms in total. The van der Waals surface area contributed by atoms with Crippen molar-refractivity contribution in [3.8, 4) is 17.1 Å². The number of fused-ring (bicyclic) bond motifs is 6. The Morgan fingerprint density at radius 1 is 0.875 bits per heavy atom. The molecule has 3 aromatic carbocycles. The molecule has 0 N–H and O–H groups in total. The first-order valence-electron chi connectivity index (χ1n) is 10.6. The molecule has 0 aliphatic carbocycles. The smallest absolute Gasteiger partial charge is 0.202 e. The molecule has 0 fully saturated rings. The highest BCUT2D eigenvalue weighted by atomic mass is 16.5. The lowest BCUT2D eigenvalue weighted by molar-refractivity contribution is 0.415. The van der Waals surface area contributed by atoms with Crippen molar-refractivity contribution in [2.75, 3.05) is 7.11 Å². The van der Waals surface area contributed by atoms with Crippen LogP contribution in [0.15, 0.2) is 77.6 Å². The lowest BCUT2D eigenvalue weighted by Gasteiger charge is -2.15. The Morgan fingerprint density at radius 2 is 1.66 bits per heavy atom. The molecule has 0 saturated heterocycles. The number of hydrogen-bond acceptors (Lipinski definition) is 4. The van der Waals surface area contributed by atoms with E-state index >= 15 is 0 Å². The number of rotatable bonds is 3. The Bertz CT molecular complexity index is 1730. The Labute approximate surface area is 183 Å². The van der Waals surface area contributed by atoms with E-state index in [1.165, 1.54) is 0 Å². The van der Waals surface area contributed by atoms with E-state index in [0.29, 0.717) is 28.6 Å². The van der Waals surface area contributed by atoms with Crippen molar-refractivity contribution in [3.05, 3.63) is 83.0 Å². The van der Waals surface area contributed by atoms with Crippen LogP contribution in [0.4, 0.5) is 0 Å². The molecule has 6 aromatic rings. The third-order valence-corrected chi connectivity index (χ3v) is 6.00. The monoisotopic (exact) mass is 420 g/mol. The summed E-state index contributed by atoms with van der Waals surface area (Å²) in [6, 6.07) is 23.4. The SMILES string of the molecule is CCn1c2ccccc2c(=O)c2c1nc(-c1cccc(OC)c1)n1c3ccccc3nc21. The molecule has 0 bridgehead atoms. The van der Waals surface area contributed by atoms with Gasteiger partial charge in [-0.15, -0.1) is 0 Å². The van der Waals surface area contributed by atoms with Crippen molar-refractivity contribution in [1.29, 1.82) is 0 Å². The molecule has 3 heterocycles. The van der Waals surface area contributed by atoms with E-state index in [2.05, 4.69) is 11.5 Å².